The van der Waals surface area contributed by atoms with Gasteiger partial charge in [-0.2, -0.15) is 22.7 Å². The maximum Gasteiger partial charge on any atom is 0.0889 e. The normalized spacial score (nSPS) is 11.9. The Morgan fingerprint density at radius 1 is 0.196 bits per heavy atom. The van der Waals surface area contributed by atoms with Crippen molar-refractivity contribution in [1.29, 1.82) is 0 Å². The molecule has 4 aliphatic carbocycles. The first-order valence-electron chi connectivity index (χ1n) is 46.5. The minimum Gasteiger partial charge on any atom is -0.151 e. The molecular weight excluding hydrogens is 2160 g/mol. The fraction of sp³-hybridized carbons (Fsp3) is 0.140. The predicted octanol–water partition coefficient (Wildman–Crippen LogP) is 47.4. The Morgan fingerprint density at radius 3 is 1.31 bits per heavy atom. The fourth-order valence-electron chi connectivity index (χ4n) is 18.4. The Balaban J connectivity index is 0.0000000922. The lowest BCUT2D eigenvalue weighted by Crippen LogP contribution is -1.77. The van der Waals surface area contributed by atoms with Crippen molar-refractivity contribution in [2.45, 2.75) is 116 Å². The molecule has 0 nitrogen and oxygen atoms in total. The summed E-state index contributed by atoms with van der Waals surface area (Å²) in [7, 11) is 0. The van der Waals surface area contributed by atoms with Gasteiger partial charge >= 0.3 is 0 Å². The lowest BCUT2D eigenvalue weighted by atomic mass is 10.1. The van der Waals surface area contributed by atoms with Crippen molar-refractivity contribution < 1.29 is 0 Å². The molecule has 0 radical (unpaired) electrons. The molecular formula is C121H98S22. The largest absolute Gasteiger partial charge is 0.151 e. The van der Waals surface area contributed by atoms with Crippen molar-refractivity contribution in [1.82, 2.24) is 0 Å². The highest BCUT2D eigenvalue weighted by Crippen LogP contribution is 2.50. The van der Waals surface area contributed by atoms with Gasteiger partial charge in [0.25, 0.3) is 0 Å². The number of hydrogen-bond donors (Lipinski definition) is 0. The van der Waals surface area contributed by atoms with Crippen molar-refractivity contribution >= 4 is 394 Å². The van der Waals surface area contributed by atoms with Crippen LogP contribution in [0.3, 0.4) is 0 Å². The first-order chi connectivity index (χ1) is 69.1. The lowest BCUT2D eigenvalue weighted by Gasteiger charge is -1.96. The van der Waals surface area contributed by atoms with E-state index in [0.717, 1.165) is 12.8 Å². The van der Waals surface area contributed by atoms with Crippen LogP contribution in [0.4, 0.5) is 0 Å². The van der Waals surface area contributed by atoms with Crippen LogP contribution in [0.5, 0.6) is 0 Å². The summed E-state index contributed by atoms with van der Waals surface area (Å²) >= 11 is 41.3. The van der Waals surface area contributed by atoms with Gasteiger partial charge in [0.05, 0.1) is 20.1 Å². The predicted molar refractivity (Wildman–Crippen MR) is 677 cm³/mol. The molecule has 22 heterocycles. The molecule has 0 fully saturated rings. The molecule has 0 saturated heterocycles. The molecule has 0 bridgehead atoms. The fourth-order valence-corrected chi connectivity index (χ4v) is 41.8. The Labute approximate surface area is 922 Å². The maximum absolute atomic E-state index is 2.33. The van der Waals surface area contributed by atoms with Crippen molar-refractivity contribution in [3.05, 3.63) is 393 Å². The maximum atomic E-state index is 2.33. The zero-order chi connectivity index (χ0) is 96.9. The van der Waals surface area contributed by atoms with Crippen molar-refractivity contribution in [2.75, 3.05) is 0 Å². The van der Waals surface area contributed by atoms with Gasteiger partial charge in [0.2, 0.25) is 0 Å². The van der Waals surface area contributed by atoms with Gasteiger partial charge in [0.15, 0.2) is 0 Å². The minimum atomic E-state index is 0. The van der Waals surface area contributed by atoms with Gasteiger partial charge in [-0.15, -0.1) is 227 Å². The SMILES string of the molecule is C.Cc1cc2c(s1)-c1ccccc1C2.Cc1cc2c(s1)-c1cscc1C2.Cc1cc2c(s1)-c1sccc1C2.Cc1cc2c(s1)C=CC2.Cc1cc2c(s1)sc1ccccc12.Cc1cc2c(s1)sc1cscc12.Cc1cc2c(s1)sc1sccc12.Cc1cc2cc3ccccc3cc2s1.Cc1cc2cc3ccsc3cc2s1.Cc1cc2cc3sccc3cc2s1.Cc1cc2ccccc2s1.Cc1cc2ccsc2s1. The van der Waals surface area contributed by atoms with E-state index < -0.39 is 0 Å². The van der Waals surface area contributed by atoms with E-state index >= 15 is 0 Å². The molecule has 0 spiro atoms. The highest BCUT2D eigenvalue weighted by atomic mass is 32.2. The zero-order valence-electron chi connectivity index (χ0n) is 79.7. The monoisotopic (exact) mass is 2250 g/mol. The summed E-state index contributed by atoms with van der Waals surface area (Å²) in [6.07, 6.45) is 9.06. The molecule has 7 aromatic carbocycles. The summed E-state index contributed by atoms with van der Waals surface area (Å²) < 4.78 is 18.6. The highest BCUT2D eigenvalue weighted by molar-refractivity contribution is 7.49. The molecule has 143 heavy (non-hydrogen) atoms. The van der Waals surface area contributed by atoms with Crippen molar-refractivity contribution in [3.8, 4) is 30.6 Å². The van der Waals surface area contributed by atoms with Crippen LogP contribution in [0.2, 0.25) is 0 Å². The molecule has 714 valence electrons. The number of aryl methyl sites for hydroxylation is 12. The average molecular weight is 2260 g/mol. The summed E-state index contributed by atoms with van der Waals surface area (Å²) in [5.41, 5.74) is 13.6. The van der Waals surface area contributed by atoms with Crippen LogP contribution >= 0.6 is 249 Å². The molecule has 0 amide bonds. The zero-order valence-corrected chi connectivity index (χ0v) is 97.6. The second kappa shape index (κ2) is 44.4. The summed E-state index contributed by atoms with van der Waals surface area (Å²) in [4.78, 5) is 24.5. The van der Waals surface area contributed by atoms with Crippen molar-refractivity contribution in [3.63, 3.8) is 0 Å². The molecule has 33 rings (SSSR count). The molecule has 22 aromatic heterocycles. The Hall–Kier alpha value is -8.68. The number of thiophene rings is 22. The summed E-state index contributed by atoms with van der Waals surface area (Å²) in [6, 6.07) is 86.4. The highest BCUT2D eigenvalue weighted by Gasteiger charge is 2.25. The van der Waals surface area contributed by atoms with E-state index in [9.17, 15) is 0 Å². The van der Waals surface area contributed by atoms with Gasteiger partial charge in [-0.1, -0.05) is 98.4 Å². The van der Waals surface area contributed by atoms with E-state index in [1.807, 2.05) is 238 Å². The van der Waals surface area contributed by atoms with Gasteiger partial charge in [0.1, 0.15) is 0 Å². The van der Waals surface area contributed by atoms with E-state index in [1.165, 1.54) is 279 Å². The molecule has 0 N–H and O–H groups in total. The van der Waals surface area contributed by atoms with Gasteiger partial charge in [-0.3, -0.25) is 0 Å². The first kappa shape index (κ1) is 100. The van der Waals surface area contributed by atoms with E-state index in [4.69, 9.17) is 0 Å². The van der Waals surface area contributed by atoms with Crippen LogP contribution < -0.4 is 0 Å². The molecule has 29 aromatic rings. The van der Waals surface area contributed by atoms with Crippen LogP contribution in [-0.2, 0) is 25.7 Å². The first-order valence-corrected chi connectivity index (χ1v) is 65.0. The average Bonchev–Trinajstić information content (AvgIpc) is 1.63. The van der Waals surface area contributed by atoms with Crippen LogP contribution in [0.15, 0.2) is 291 Å². The summed E-state index contributed by atoms with van der Waals surface area (Å²) in [5, 5.41) is 40.8. The van der Waals surface area contributed by atoms with Gasteiger partial charge in [-0.05, 0) is 379 Å². The van der Waals surface area contributed by atoms with E-state index in [2.05, 4.69) is 380 Å². The van der Waals surface area contributed by atoms with Gasteiger partial charge in [0, 0.05) is 187 Å². The number of fused-ring (bicyclic) bond motifs is 27. The van der Waals surface area contributed by atoms with Crippen LogP contribution in [-0.4, -0.2) is 0 Å². The minimum absolute atomic E-state index is 0. The van der Waals surface area contributed by atoms with Crippen molar-refractivity contribution in [2.24, 2.45) is 0 Å². The molecule has 0 saturated carbocycles. The lowest BCUT2D eigenvalue weighted by molar-refractivity contribution is 1.27. The van der Waals surface area contributed by atoms with Crippen LogP contribution in [0.25, 0.3) is 175 Å². The second-order valence-electron chi connectivity index (χ2n) is 35.4. The number of benzene rings is 7. The van der Waals surface area contributed by atoms with E-state index in [-0.39, 0.29) is 7.43 Å². The Kier molecular flexibility index (Phi) is 31.1. The van der Waals surface area contributed by atoms with E-state index in [0.29, 0.717) is 0 Å². The standard InChI is InChI=1S/C13H10S.C12H10S.3C11H8S2.2C10H8S2.2C9H6S3.C9H8S.C8H8S.C7H6S2.CH4/c1-9-6-12-7-10-4-2-3-5-11(10)8-13(12)14-9;1-8-6-10-7-9-4-2-3-5-11(9)12(10)13-8;1-7-4-9-6-10-8(2-3-12-10)5-11(9)13-7;1-7-4-9-5-8-2-3-12-10(8)6-11(9)13-7;1-7-6-9-8-4-2-3-5-10(8)13-11(9)12-7;1-6-2-7-3-8-4-11-5-9(8)10(7)12-6;1-6-4-8-5-7-2-3-11-9(7)10(8)12-6;1-5-2-6-7-3-10-4-8(7)12-9(6)11-5;1-5-4-7-6-2-3-10-8(6)12-9(7)11-5;1-7-6-8-4-2-3-5-9(8)10-7;1-6-5-7-3-2-4-8(7)9-6;1-5-4-6-2-3-8-7(6)9-5;/h2-8H,1H3;2-6H,7H2,1H3;3*2-6H,1H3;2,4-5H,3H2,1H3;2-4H,5H2,1H3;2*2-4H,1H3;2-6H,1H3;2,4-5H,3H2,1H3;2-4H,1H3;1H4. The quantitative estimate of drug-likeness (QED) is 0.142. The third kappa shape index (κ3) is 22.5. The summed E-state index contributed by atoms with van der Waals surface area (Å²) in [5.74, 6) is 0. The molecule has 4 aliphatic rings. The summed E-state index contributed by atoms with van der Waals surface area (Å²) in [6.45, 7) is 26.0. The Bertz CT molecular complexity index is 9000. The van der Waals surface area contributed by atoms with Gasteiger partial charge < -0.3 is 0 Å². The smallest absolute Gasteiger partial charge is 0.0889 e. The van der Waals surface area contributed by atoms with Gasteiger partial charge in [-0.25, -0.2) is 0 Å². The van der Waals surface area contributed by atoms with Crippen LogP contribution in [0, 0.1) is 83.1 Å². The molecule has 0 atom stereocenters. The molecule has 22 heteroatoms. The third-order valence-electron chi connectivity index (χ3n) is 24.5. The second-order valence-corrected chi connectivity index (χ2v) is 61.2. The van der Waals surface area contributed by atoms with E-state index in [1.54, 1.807) is 16.9 Å². The third-order valence-corrected chi connectivity index (χ3v) is 47.7. The topological polar surface area (TPSA) is 0 Å². The number of hydrogen-bond acceptors (Lipinski definition) is 22. The van der Waals surface area contributed by atoms with Crippen LogP contribution in [0.1, 0.15) is 110 Å². The Morgan fingerprint density at radius 2 is 0.629 bits per heavy atom. The molecule has 0 unspecified atom stereocenters. The number of rotatable bonds is 0. The number of allylic oxidation sites excluding steroid dienone is 1. The molecule has 0 aliphatic heterocycles.